The normalized spacial score (nSPS) is 15.2. The highest BCUT2D eigenvalue weighted by Gasteiger charge is 2.20. The van der Waals surface area contributed by atoms with Gasteiger partial charge in [-0.25, -0.2) is 22.9 Å². The number of sulfonamides is 1. The zero-order valence-corrected chi connectivity index (χ0v) is 19.6. The van der Waals surface area contributed by atoms with Crippen molar-refractivity contribution in [2.24, 2.45) is 11.1 Å². The Morgan fingerprint density at radius 3 is 2.50 bits per heavy atom. The molecular weight excluding hydrogens is 429 g/mol. The van der Waals surface area contributed by atoms with Gasteiger partial charge in [0.05, 0.1) is 5.75 Å². The molecule has 3 rings (SSSR count). The molecule has 1 fully saturated rings. The molecule has 1 aromatic heterocycles. The molecule has 0 aliphatic carbocycles. The summed E-state index contributed by atoms with van der Waals surface area (Å²) in [6, 6.07) is 8.55. The van der Waals surface area contributed by atoms with E-state index in [0.717, 1.165) is 48.9 Å². The Morgan fingerprint density at radius 2 is 1.84 bits per heavy atom. The summed E-state index contributed by atoms with van der Waals surface area (Å²) in [4.78, 5) is 19.7. The number of aryl methyl sites for hydroxylation is 3. The van der Waals surface area contributed by atoms with E-state index in [9.17, 15) is 17.6 Å². The first kappa shape index (κ1) is 24.3. The van der Waals surface area contributed by atoms with Crippen LogP contribution in [0.1, 0.15) is 48.6 Å². The van der Waals surface area contributed by atoms with Gasteiger partial charge in [-0.3, -0.25) is 4.79 Å². The van der Waals surface area contributed by atoms with Crippen LogP contribution in [-0.2, 0) is 34.1 Å². The predicted octanol–water partition coefficient (Wildman–Crippen LogP) is 3.34. The van der Waals surface area contributed by atoms with Crippen molar-refractivity contribution in [1.82, 2.24) is 4.98 Å². The summed E-state index contributed by atoms with van der Waals surface area (Å²) in [7, 11) is -3.65. The van der Waals surface area contributed by atoms with Crippen molar-refractivity contribution in [3.05, 3.63) is 58.5 Å². The summed E-state index contributed by atoms with van der Waals surface area (Å²) in [5.41, 5.74) is 2.90. The van der Waals surface area contributed by atoms with Gasteiger partial charge in [0, 0.05) is 31.6 Å². The molecule has 2 N–H and O–H groups in total. The number of primary sulfonamides is 1. The van der Waals surface area contributed by atoms with Crippen LogP contribution in [0.5, 0.6) is 0 Å². The molecule has 32 heavy (non-hydrogen) atoms. The third-order valence-corrected chi connectivity index (χ3v) is 6.80. The lowest BCUT2D eigenvalue weighted by atomic mass is 9.97. The maximum atomic E-state index is 14.3. The van der Waals surface area contributed by atoms with Crippen LogP contribution in [-0.4, -0.2) is 38.0 Å². The number of aromatic nitrogens is 1. The summed E-state index contributed by atoms with van der Waals surface area (Å²) in [5.74, 6) is 0.914. The van der Waals surface area contributed by atoms with E-state index in [4.69, 9.17) is 10.1 Å². The molecule has 1 aromatic carbocycles. The van der Waals surface area contributed by atoms with Crippen LogP contribution in [0.3, 0.4) is 0 Å². The summed E-state index contributed by atoms with van der Waals surface area (Å²) in [6.45, 7) is 6.22. The van der Waals surface area contributed by atoms with Crippen molar-refractivity contribution in [3.8, 4) is 0 Å². The summed E-state index contributed by atoms with van der Waals surface area (Å²) >= 11 is 0. The molecule has 0 saturated carbocycles. The second-order valence-corrected chi connectivity index (χ2v) is 10.6. The number of rotatable bonds is 9. The molecule has 1 saturated heterocycles. The number of halogens is 1. The number of Topliss-reactive ketones (excluding diaryl/α,β-unsaturated/α-hetero) is 1. The fraction of sp³-hybridized carbons (Fsp3) is 0.500. The van der Waals surface area contributed by atoms with Crippen LogP contribution in [0.2, 0.25) is 0 Å². The smallest absolute Gasteiger partial charge is 0.209 e. The molecule has 0 amide bonds. The number of hydrogen-bond donors (Lipinski definition) is 1. The largest absolute Gasteiger partial charge is 0.356 e. The van der Waals surface area contributed by atoms with Crippen molar-refractivity contribution in [2.75, 3.05) is 23.7 Å². The maximum Gasteiger partial charge on any atom is 0.209 e. The number of nitrogens with zero attached hydrogens (tertiary/aromatic N) is 2. The number of anilines is 1. The van der Waals surface area contributed by atoms with Crippen LogP contribution >= 0.6 is 0 Å². The van der Waals surface area contributed by atoms with Crippen LogP contribution in [0.15, 0.2) is 30.3 Å². The Balaban J connectivity index is 1.60. The standard InChI is InChI=1S/C24H32FN3O3S/c1-17-9-12-28(13-10-17)24-21(5-3-18(2)27-24)7-8-22(29)15-19-4-6-20(23(25)16-19)11-14-32(26,30)31/h3-6,16-17H,7-15H2,1-2H3,(H2,26,30,31). The van der Waals surface area contributed by atoms with Crippen molar-refractivity contribution in [2.45, 2.75) is 52.4 Å². The van der Waals surface area contributed by atoms with E-state index < -0.39 is 15.8 Å². The average molecular weight is 462 g/mol. The van der Waals surface area contributed by atoms with Crippen LogP contribution in [0.25, 0.3) is 0 Å². The number of piperidine rings is 1. The third kappa shape index (κ3) is 7.10. The highest BCUT2D eigenvalue weighted by atomic mass is 32.2. The number of nitrogens with two attached hydrogens (primary N) is 1. The number of hydrogen-bond acceptors (Lipinski definition) is 5. The fourth-order valence-electron chi connectivity index (χ4n) is 4.01. The van der Waals surface area contributed by atoms with Crippen LogP contribution in [0, 0.1) is 18.7 Å². The zero-order chi connectivity index (χ0) is 23.3. The van der Waals surface area contributed by atoms with Gasteiger partial charge < -0.3 is 4.90 Å². The van der Waals surface area contributed by atoms with Crippen molar-refractivity contribution in [1.29, 1.82) is 0 Å². The minimum Gasteiger partial charge on any atom is -0.356 e. The molecule has 0 atom stereocenters. The number of benzene rings is 1. The van der Waals surface area contributed by atoms with E-state index in [1.165, 1.54) is 12.1 Å². The summed E-state index contributed by atoms with van der Waals surface area (Å²) in [6.07, 6.45) is 3.40. The predicted molar refractivity (Wildman–Crippen MR) is 125 cm³/mol. The van der Waals surface area contributed by atoms with Gasteiger partial charge in [-0.15, -0.1) is 0 Å². The molecule has 6 nitrogen and oxygen atoms in total. The molecule has 2 aromatic rings. The highest BCUT2D eigenvalue weighted by molar-refractivity contribution is 7.89. The Hall–Kier alpha value is -2.32. The van der Waals surface area contributed by atoms with E-state index >= 15 is 0 Å². The SMILES string of the molecule is Cc1ccc(CCC(=O)Cc2ccc(CCS(N)(=O)=O)c(F)c2)c(N2CCC(C)CC2)n1. The van der Waals surface area contributed by atoms with E-state index in [2.05, 4.69) is 17.9 Å². The minimum absolute atomic E-state index is 0.0113. The molecule has 1 aliphatic heterocycles. The number of carbonyl (C=O) groups is 1. The second kappa shape index (κ2) is 10.5. The van der Waals surface area contributed by atoms with Gasteiger partial charge in [0.1, 0.15) is 17.4 Å². The number of carbonyl (C=O) groups excluding carboxylic acids is 1. The van der Waals surface area contributed by atoms with Gasteiger partial charge in [-0.05, 0) is 67.3 Å². The van der Waals surface area contributed by atoms with E-state index in [1.54, 1.807) is 6.07 Å². The lowest BCUT2D eigenvalue weighted by molar-refractivity contribution is -0.118. The number of ketones is 1. The topological polar surface area (TPSA) is 93.4 Å². The van der Waals surface area contributed by atoms with Gasteiger partial charge in [-0.2, -0.15) is 0 Å². The van der Waals surface area contributed by atoms with Gasteiger partial charge >= 0.3 is 0 Å². The lowest BCUT2D eigenvalue weighted by Gasteiger charge is -2.32. The maximum absolute atomic E-state index is 14.3. The van der Waals surface area contributed by atoms with Gasteiger partial charge in [0.25, 0.3) is 0 Å². The van der Waals surface area contributed by atoms with Crippen molar-refractivity contribution in [3.63, 3.8) is 0 Å². The van der Waals surface area contributed by atoms with E-state index in [1.807, 2.05) is 13.0 Å². The molecule has 8 heteroatoms. The lowest BCUT2D eigenvalue weighted by Crippen LogP contribution is -2.34. The average Bonchev–Trinajstić information content (AvgIpc) is 2.72. The van der Waals surface area contributed by atoms with Gasteiger partial charge in [-0.1, -0.05) is 25.1 Å². The first-order chi connectivity index (χ1) is 15.1. The van der Waals surface area contributed by atoms with Gasteiger partial charge in [0.2, 0.25) is 10.0 Å². The van der Waals surface area contributed by atoms with Crippen LogP contribution in [0.4, 0.5) is 10.2 Å². The Kier molecular flexibility index (Phi) is 8.00. The second-order valence-electron chi connectivity index (χ2n) is 8.86. The third-order valence-electron chi connectivity index (χ3n) is 6.03. The molecule has 174 valence electrons. The Morgan fingerprint density at radius 1 is 1.16 bits per heavy atom. The molecule has 0 spiro atoms. The van der Waals surface area contributed by atoms with Gasteiger partial charge in [0.15, 0.2) is 0 Å². The Labute approximate surface area is 190 Å². The van der Waals surface area contributed by atoms with Crippen LogP contribution < -0.4 is 10.0 Å². The van der Waals surface area contributed by atoms with E-state index in [-0.39, 0.29) is 29.9 Å². The zero-order valence-electron chi connectivity index (χ0n) is 18.8. The summed E-state index contributed by atoms with van der Waals surface area (Å²) in [5, 5.41) is 4.98. The molecule has 1 aliphatic rings. The Bertz CT molecular complexity index is 1060. The quantitative estimate of drug-likeness (QED) is 0.618. The number of pyridine rings is 1. The molecule has 0 radical (unpaired) electrons. The highest BCUT2D eigenvalue weighted by Crippen LogP contribution is 2.26. The minimum atomic E-state index is -3.65. The molecular formula is C24H32FN3O3S. The monoisotopic (exact) mass is 461 g/mol. The molecule has 2 heterocycles. The fourth-order valence-corrected chi connectivity index (χ4v) is 4.51. The van der Waals surface area contributed by atoms with Crippen molar-refractivity contribution >= 4 is 21.6 Å². The summed E-state index contributed by atoms with van der Waals surface area (Å²) < 4.78 is 36.4. The first-order valence-electron chi connectivity index (χ1n) is 11.1. The molecule has 0 bridgehead atoms. The van der Waals surface area contributed by atoms with Crippen molar-refractivity contribution < 1.29 is 17.6 Å². The van der Waals surface area contributed by atoms with E-state index in [0.29, 0.717) is 18.4 Å². The molecule has 0 unspecified atom stereocenters. The first-order valence-corrected chi connectivity index (χ1v) is 12.8.